The highest BCUT2D eigenvalue weighted by atomic mass is 16.5. The van der Waals surface area contributed by atoms with E-state index in [9.17, 15) is 9.59 Å². The quantitative estimate of drug-likeness (QED) is 0.906. The molecule has 1 aliphatic carbocycles. The fourth-order valence-corrected chi connectivity index (χ4v) is 2.99. The first kappa shape index (κ1) is 17.2. The van der Waals surface area contributed by atoms with Crippen molar-refractivity contribution in [3.05, 3.63) is 46.3 Å². The van der Waals surface area contributed by atoms with Crippen LogP contribution in [0.5, 0.6) is 0 Å². The molecule has 0 atom stereocenters. The maximum Gasteiger partial charge on any atom is 0.276 e. The number of nitrogens with one attached hydrogen (secondary N) is 1. The Kier molecular flexibility index (Phi) is 4.61. The van der Waals surface area contributed by atoms with Crippen molar-refractivity contribution >= 4 is 17.5 Å². The Bertz CT molecular complexity index is 798. The van der Waals surface area contributed by atoms with Gasteiger partial charge in [0.2, 0.25) is 5.91 Å². The number of amides is 2. The van der Waals surface area contributed by atoms with Gasteiger partial charge in [-0.1, -0.05) is 22.9 Å². The highest BCUT2D eigenvalue weighted by Crippen LogP contribution is 2.40. The third-order valence-electron chi connectivity index (χ3n) is 4.40. The molecule has 6 nitrogen and oxygen atoms in total. The van der Waals surface area contributed by atoms with Gasteiger partial charge in [-0.2, -0.15) is 0 Å². The molecule has 1 fully saturated rings. The van der Waals surface area contributed by atoms with Gasteiger partial charge in [0.15, 0.2) is 5.69 Å². The standard InChI is InChI=1S/C19H23N3O3/c1-11-7-12(2)18(13(3)8-11)20-17(23)10-22(4)19(24)15-9-16(25-21-15)14-5-6-14/h7-9,14H,5-6,10H2,1-4H3,(H,20,23). The normalized spacial score (nSPS) is 13.6. The second-order valence-corrected chi connectivity index (χ2v) is 6.87. The lowest BCUT2D eigenvalue weighted by molar-refractivity contribution is -0.116. The number of carbonyl (C=O) groups is 2. The number of benzene rings is 1. The van der Waals surface area contributed by atoms with Gasteiger partial charge in [-0.15, -0.1) is 0 Å². The summed E-state index contributed by atoms with van der Waals surface area (Å²) in [6.45, 7) is 5.89. The van der Waals surface area contributed by atoms with Crippen molar-refractivity contribution in [3.63, 3.8) is 0 Å². The van der Waals surface area contributed by atoms with E-state index >= 15 is 0 Å². The molecule has 2 amide bonds. The highest BCUT2D eigenvalue weighted by Gasteiger charge is 2.29. The van der Waals surface area contributed by atoms with Crippen LogP contribution in [0.4, 0.5) is 5.69 Å². The van der Waals surface area contributed by atoms with Gasteiger partial charge >= 0.3 is 0 Å². The van der Waals surface area contributed by atoms with Gasteiger partial charge in [-0.25, -0.2) is 0 Å². The van der Waals surface area contributed by atoms with Crippen LogP contribution in [-0.4, -0.2) is 35.5 Å². The van der Waals surface area contributed by atoms with Gasteiger partial charge in [-0.05, 0) is 44.7 Å². The lowest BCUT2D eigenvalue weighted by Crippen LogP contribution is -2.35. The number of hydrogen-bond donors (Lipinski definition) is 1. The Balaban J connectivity index is 1.62. The summed E-state index contributed by atoms with van der Waals surface area (Å²) < 4.78 is 5.21. The molecular formula is C19H23N3O3. The van der Waals surface area contributed by atoms with E-state index in [0.717, 1.165) is 41.0 Å². The monoisotopic (exact) mass is 341 g/mol. The SMILES string of the molecule is Cc1cc(C)c(NC(=O)CN(C)C(=O)c2cc(C3CC3)on2)c(C)c1. The smallest absolute Gasteiger partial charge is 0.276 e. The highest BCUT2D eigenvalue weighted by molar-refractivity contribution is 5.99. The largest absolute Gasteiger partial charge is 0.360 e. The Labute approximate surface area is 147 Å². The van der Waals surface area contributed by atoms with Crippen molar-refractivity contribution in [2.75, 3.05) is 18.9 Å². The minimum absolute atomic E-state index is 0.0444. The topological polar surface area (TPSA) is 75.4 Å². The van der Waals surface area contributed by atoms with Gasteiger partial charge in [0.1, 0.15) is 5.76 Å². The fourth-order valence-electron chi connectivity index (χ4n) is 2.99. The van der Waals surface area contributed by atoms with Crippen molar-refractivity contribution < 1.29 is 14.1 Å². The number of carbonyl (C=O) groups excluding carboxylic acids is 2. The second-order valence-electron chi connectivity index (χ2n) is 6.87. The van der Waals surface area contributed by atoms with Gasteiger partial charge < -0.3 is 14.7 Å². The van der Waals surface area contributed by atoms with Gasteiger partial charge in [0.25, 0.3) is 5.91 Å². The van der Waals surface area contributed by atoms with Crippen LogP contribution >= 0.6 is 0 Å². The molecule has 1 heterocycles. The summed E-state index contributed by atoms with van der Waals surface area (Å²) in [5, 5.41) is 6.73. The second kappa shape index (κ2) is 6.70. The first-order valence-electron chi connectivity index (χ1n) is 8.45. The van der Waals surface area contributed by atoms with Crippen LogP contribution in [0, 0.1) is 20.8 Å². The van der Waals surface area contributed by atoms with Crippen LogP contribution in [0.2, 0.25) is 0 Å². The minimum Gasteiger partial charge on any atom is -0.360 e. The maximum atomic E-state index is 12.4. The molecule has 1 saturated carbocycles. The molecule has 1 aliphatic rings. The van der Waals surface area contributed by atoms with Crippen LogP contribution in [0.1, 0.15) is 51.7 Å². The lowest BCUT2D eigenvalue weighted by Gasteiger charge is -2.17. The molecule has 1 aromatic carbocycles. The predicted octanol–water partition coefficient (Wildman–Crippen LogP) is 3.19. The van der Waals surface area contributed by atoms with E-state index in [-0.39, 0.29) is 24.1 Å². The third-order valence-corrected chi connectivity index (χ3v) is 4.40. The van der Waals surface area contributed by atoms with E-state index in [1.807, 2.05) is 32.9 Å². The maximum absolute atomic E-state index is 12.4. The van der Waals surface area contributed by atoms with Gasteiger partial charge in [0.05, 0.1) is 6.54 Å². The average Bonchev–Trinajstić information content (AvgIpc) is 3.27. The third kappa shape index (κ3) is 3.90. The summed E-state index contributed by atoms with van der Waals surface area (Å²) in [6.07, 6.45) is 2.16. The molecule has 0 unspecified atom stereocenters. The zero-order valence-electron chi connectivity index (χ0n) is 15.0. The number of likely N-dealkylation sites (N-methyl/N-ethyl adjacent to an activating group) is 1. The molecule has 0 saturated heterocycles. The molecule has 0 spiro atoms. The van der Waals surface area contributed by atoms with E-state index in [0.29, 0.717) is 5.92 Å². The first-order chi connectivity index (χ1) is 11.8. The van der Waals surface area contributed by atoms with E-state index < -0.39 is 0 Å². The fraction of sp³-hybridized carbons (Fsp3) is 0.421. The lowest BCUT2D eigenvalue weighted by atomic mass is 10.1. The number of aryl methyl sites for hydroxylation is 3. The van der Waals surface area contributed by atoms with Crippen molar-refractivity contribution in [3.8, 4) is 0 Å². The Morgan fingerprint density at radius 2 is 1.84 bits per heavy atom. The van der Waals surface area contributed by atoms with Crippen molar-refractivity contribution in [1.29, 1.82) is 0 Å². The molecule has 132 valence electrons. The van der Waals surface area contributed by atoms with Crippen molar-refractivity contribution in [1.82, 2.24) is 10.1 Å². The first-order valence-corrected chi connectivity index (χ1v) is 8.45. The zero-order valence-corrected chi connectivity index (χ0v) is 15.0. The number of aromatic nitrogens is 1. The Hall–Kier alpha value is -2.63. The number of nitrogens with zero attached hydrogens (tertiary/aromatic N) is 2. The van der Waals surface area contributed by atoms with E-state index in [2.05, 4.69) is 10.5 Å². The predicted molar refractivity (Wildman–Crippen MR) is 94.7 cm³/mol. The van der Waals surface area contributed by atoms with Crippen LogP contribution in [0.15, 0.2) is 22.7 Å². The number of hydrogen-bond acceptors (Lipinski definition) is 4. The summed E-state index contributed by atoms with van der Waals surface area (Å²) in [4.78, 5) is 26.1. The molecule has 1 N–H and O–H groups in total. The van der Waals surface area contributed by atoms with E-state index in [1.165, 1.54) is 4.90 Å². The summed E-state index contributed by atoms with van der Waals surface area (Å²) in [7, 11) is 1.59. The van der Waals surface area contributed by atoms with E-state index in [1.54, 1.807) is 13.1 Å². The summed E-state index contributed by atoms with van der Waals surface area (Å²) in [5.41, 5.74) is 4.21. The molecular weight excluding hydrogens is 318 g/mol. The molecule has 0 bridgehead atoms. The molecule has 6 heteroatoms. The number of anilines is 1. The van der Waals surface area contributed by atoms with Gasteiger partial charge in [0, 0.05) is 24.7 Å². The average molecular weight is 341 g/mol. The number of rotatable bonds is 5. The summed E-state index contributed by atoms with van der Waals surface area (Å²) in [6, 6.07) is 5.72. The minimum atomic E-state index is -0.317. The molecule has 1 aromatic heterocycles. The molecule has 3 rings (SSSR count). The van der Waals surface area contributed by atoms with Crippen molar-refractivity contribution in [2.24, 2.45) is 0 Å². The molecule has 0 radical (unpaired) electrons. The molecule has 25 heavy (non-hydrogen) atoms. The van der Waals surface area contributed by atoms with Crippen molar-refractivity contribution in [2.45, 2.75) is 39.5 Å². The summed E-state index contributed by atoms with van der Waals surface area (Å²) in [5.74, 6) is 0.599. The molecule has 0 aliphatic heterocycles. The van der Waals surface area contributed by atoms with Crippen LogP contribution in [0.3, 0.4) is 0 Å². The Morgan fingerprint density at radius 3 is 2.44 bits per heavy atom. The van der Waals surface area contributed by atoms with Crippen LogP contribution < -0.4 is 5.32 Å². The van der Waals surface area contributed by atoms with Gasteiger partial charge in [-0.3, -0.25) is 9.59 Å². The summed E-state index contributed by atoms with van der Waals surface area (Å²) >= 11 is 0. The zero-order chi connectivity index (χ0) is 18.1. The van der Waals surface area contributed by atoms with E-state index in [4.69, 9.17) is 4.52 Å². The molecule has 2 aromatic rings. The van der Waals surface area contributed by atoms with Crippen LogP contribution in [-0.2, 0) is 4.79 Å². The van der Waals surface area contributed by atoms with Crippen LogP contribution in [0.25, 0.3) is 0 Å². The Morgan fingerprint density at radius 1 is 1.20 bits per heavy atom.